The highest BCUT2D eigenvalue weighted by atomic mass is 16.5. The van der Waals surface area contributed by atoms with E-state index >= 15 is 0 Å². The number of aromatic nitrogens is 2. The summed E-state index contributed by atoms with van der Waals surface area (Å²) in [6, 6.07) is 24.4. The average Bonchev–Trinajstić information content (AvgIpc) is 3.28. The fourth-order valence-electron chi connectivity index (χ4n) is 4.68. The van der Waals surface area contributed by atoms with Gasteiger partial charge in [-0.1, -0.05) is 54.6 Å². The summed E-state index contributed by atoms with van der Waals surface area (Å²) in [5.41, 5.74) is 3.70. The van der Waals surface area contributed by atoms with Gasteiger partial charge < -0.3 is 19.5 Å². The van der Waals surface area contributed by atoms with Crippen LogP contribution in [0.4, 0.5) is 0 Å². The summed E-state index contributed by atoms with van der Waals surface area (Å²) in [5.74, 6) is 1.31. The van der Waals surface area contributed by atoms with E-state index in [1.54, 1.807) is 7.11 Å². The fraction of sp³-hybridized carbons (Fsp3) is 0.250. The maximum absolute atomic E-state index is 13.8. The van der Waals surface area contributed by atoms with Crippen LogP contribution >= 0.6 is 0 Å². The lowest BCUT2D eigenvalue weighted by Crippen LogP contribution is -2.46. The number of imidazole rings is 1. The molecule has 0 saturated carbocycles. The first-order valence-electron chi connectivity index (χ1n) is 11.8. The number of fused-ring (bicyclic) bond motifs is 3. The van der Waals surface area contributed by atoms with Crippen LogP contribution in [0.2, 0.25) is 0 Å². The van der Waals surface area contributed by atoms with Gasteiger partial charge in [-0.15, -0.1) is 0 Å². The van der Waals surface area contributed by atoms with E-state index < -0.39 is 6.04 Å². The van der Waals surface area contributed by atoms with Gasteiger partial charge in [0, 0.05) is 13.1 Å². The van der Waals surface area contributed by atoms with Crippen LogP contribution in [0.5, 0.6) is 5.75 Å². The van der Waals surface area contributed by atoms with E-state index in [0.717, 1.165) is 33.7 Å². The molecule has 7 nitrogen and oxygen atoms in total. The molecule has 178 valence electrons. The van der Waals surface area contributed by atoms with Crippen LogP contribution in [0.25, 0.3) is 11.0 Å². The Morgan fingerprint density at radius 3 is 2.43 bits per heavy atom. The molecule has 2 amide bonds. The number of methoxy groups -OCH3 is 1. The summed E-state index contributed by atoms with van der Waals surface area (Å²) in [7, 11) is 1.62. The molecule has 0 bridgehead atoms. The molecular formula is C28H28N4O3. The van der Waals surface area contributed by atoms with E-state index in [9.17, 15) is 9.59 Å². The monoisotopic (exact) mass is 468 g/mol. The molecular weight excluding hydrogens is 440 g/mol. The Morgan fingerprint density at radius 1 is 0.971 bits per heavy atom. The van der Waals surface area contributed by atoms with E-state index in [2.05, 4.69) is 5.32 Å². The topological polar surface area (TPSA) is 76.5 Å². The van der Waals surface area contributed by atoms with Crippen LogP contribution in [0.1, 0.15) is 42.4 Å². The Morgan fingerprint density at radius 2 is 1.69 bits per heavy atom. The molecule has 1 aliphatic rings. The molecule has 35 heavy (non-hydrogen) atoms. The minimum Gasteiger partial charge on any atom is -0.497 e. The second-order valence-corrected chi connectivity index (χ2v) is 8.80. The molecule has 2 atom stereocenters. The highest BCUT2D eigenvalue weighted by Gasteiger charge is 2.40. The van der Waals surface area contributed by atoms with Crippen LogP contribution in [0.3, 0.4) is 0 Å². The van der Waals surface area contributed by atoms with Crippen molar-refractivity contribution in [1.82, 2.24) is 19.8 Å². The van der Waals surface area contributed by atoms with Gasteiger partial charge in [-0.3, -0.25) is 9.59 Å². The van der Waals surface area contributed by atoms with E-state index in [1.807, 2.05) is 95.3 Å². The van der Waals surface area contributed by atoms with Crippen LogP contribution in [-0.2, 0) is 22.7 Å². The molecule has 5 rings (SSSR count). The third-order valence-corrected chi connectivity index (χ3v) is 6.57. The van der Waals surface area contributed by atoms with Crippen molar-refractivity contribution in [2.24, 2.45) is 0 Å². The Kier molecular flexibility index (Phi) is 6.23. The molecule has 0 saturated heterocycles. The number of carbonyl (C=O) groups excluding carboxylic acids is 2. The number of hydrogen-bond donors (Lipinski definition) is 1. The highest BCUT2D eigenvalue weighted by molar-refractivity contribution is 5.90. The van der Waals surface area contributed by atoms with E-state index in [0.29, 0.717) is 13.1 Å². The van der Waals surface area contributed by atoms with Gasteiger partial charge in [-0.2, -0.15) is 0 Å². The third-order valence-electron chi connectivity index (χ3n) is 6.57. The first-order valence-corrected chi connectivity index (χ1v) is 11.8. The van der Waals surface area contributed by atoms with Gasteiger partial charge in [0.15, 0.2) is 0 Å². The van der Waals surface area contributed by atoms with Crippen molar-refractivity contribution in [2.45, 2.75) is 38.5 Å². The van der Waals surface area contributed by atoms with E-state index in [-0.39, 0.29) is 24.3 Å². The zero-order valence-corrected chi connectivity index (χ0v) is 19.8. The quantitative estimate of drug-likeness (QED) is 0.436. The number of ether oxygens (including phenoxy) is 1. The summed E-state index contributed by atoms with van der Waals surface area (Å²) in [5, 5.41) is 2.97. The van der Waals surface area contributed by atoms with Gasteiger partial charge in [0.2, 0.25) is 11.8 Å². The fourth-order valence-corrected chi connectivity index (χ4v) is 4.68. The summed E-state index contributed by atoms with van der Waals surface area (Å²) in [6.07, 6.45) is 0.0420. The number of amides is 2. The lowest BCUT2D eigenvalue weighted by Gasteiger charge is -2.38. The number of nitrogens with one attached hydrogen (secondary N) is 1. The van der Waals surface area contributed by atoms with E-state index in [1.165, 1.54) is 0 Å². The Balaban J connectivity index is 1.42. The first kappa shape index (κ1) is 22.7. The number of hydrogen-bond acceptors (Lipinski definition) is 4. The van der Waals surface area contributed by atoms with Crippen molar-refractivity contribution in [3.63, 3.8) is 0 Å². The summed E-state index contributed by atoms with van der Waals surface area (Å²) < 4.78 is 7.15. The van der Waals surface area contributed by atoms with Crippen molar-refractivity contribution in [3.8, 4) is 5.75 Å². The first-order chi connectivity index (χ1) is 17.0. The lowest BCUT2D eigenvalue weighted by molar-refractivity contribution is -0.142. The van der Waals surface area contributed by atoms with Gasteiger partial charge in [0.25, 0.3) is 0 Å². The van der Waals surface area contributed by atoms with Gasteiger partial charge in [0.05, 0.1) is 30.6 Å². The molecule has 2 unspecified atom stereocenters. The second kappa shape index (κ2) is 9.62. The number of para-hydroxylation sites is 2. The van der Waals surface area contributed by atoms with Crippen LogP contribution < -0.4 is 10.1 Å². The zero-order valence-electron chi connectivity index (χ0n) is 19.8. The molecule has 4 aromatic rings. The predicted molar refractivity (Wildman–Crippen MR) is 134 cm³/mol. The number of rotatable bonds is 7. The molecule has 7 heteroatoms. The second-order valence-electron chi connectivity index (χ2n) is 8.80. The molecule has 1 aromatic heterocycles. The minimum atomic E-state index is -0.659. The smallest absolute Gasteiger partial charge is 0.247 e. The lowest BCUT2D eigenvalue weighted by atomic mass is 10.0. The average molecular weight is 469 g/mol. The van der Waals surface area contributed by atoms with Crippen molar-refractivity contribution < 1.29 is 14.3 Å². The van der Waals surface area contributed by atoms with Crippen molar-refractivity contribution >= 4 is 22.8 Å². The third kappa shape index (κ3) is 4.49. The molecule has 0 aliphatic carbocycles. The number of carbonyl (C=O) groups is 2. The molecule has 2 heterocycles. The maximum Gasteiger partial charge on any atom is 0.247 e. The van der Waals surface area contributed by atoms with Crippen molar-refractivity contribution in [1.29, 1.82) is 0 Å². The predicted octanol–water partition coefficient (Wildman–Crippen LogP) is 4.40. The molecule has 3 aromatic carbocycles. The van der Waals surface area contributed by atoms with Crippen LogP contribution in [0, 0.1) is 0 Å². The zero-order chi connectivity index (χ0) is 24.4. The highest BCUT2D eigenvalue weighted by Crippen LogP contribution is 2.37. The maximum atomic E-state index is 13.8. The summed E-state index contributed by atoms with van der Waals surface area (Å²) in [4.78, 5) is 33.5. The normalized spacial score (nSPS) is 17.3. The number of nitrogens with zero attached hydrogens (tertiary/aromatic N) is 3. The molecule has 0 fully saturated rings. The van der Waals surface area contributed by atoms with Crippen molar-refractivity contribution in [2.75, 3.05) is 7.11 Å². The SMILES string of the molecule is COc1ccc(CNC(=O)CC2C(=O)N(Cc3ccccc3)C(C)c3nc4ccccc4n32)cc1. The van der Waals surface area contributed by atoms with Crippen molar-refractivity contribution in [3.05, 3.63) is 95.8 Å². The molecule has 0 spiro atoms. The van der Waals surface area contributed by atoms with Gasteiger partial charge in [-0.25, -0.2) is 4.98 Å². The Labute approximate surface area is 204 Å². The number of benzene rings is 3. The molecule has 1 N–H and O–H groups in total. The molecule has 0 radical (unpaired) electrons. The largest absolute Gasteiger partial charge is 0.497 e. The van der Waals surface area contributed by atoms with E-state index in [4.69, 9.17) is 9.72 Å². The Bertz CT molecular complexity index is 1350. The minimum absolute atomic E-state index is 0.0420. The summed E-state index contributed by atoms with van der Waals surface area (Å²) in [6.45, 7) is 2.85. The van der Waals surface area contributed by atoms with Gasteiger partial charge >= 0.3 is 0 Å². The van der Waals surface area contributed by atoms with Gasteiger partial charge in [0.1, 0.15) is 17.6 Å². The van der Waals surface area contributed by atoms with Crippen LogP contribution in [0.15, 0.2) is 78.9 Å². The molecule has 1 aliphatic heterocycles. The standard InChI is InChI=1S/C28H28N4O3/c1-19-27-30-23-10-6-7-11-24(23)32(27)25(28(34)31(19)18-21-8-4-3-5-9-21)16-26(33)29-17-20-12-14-22(35-2)15-13-20/h3-15,19,25H,16-18H2,1-2H3,(H,29,33). The summed E-state index contributed by atoms with van der Waals surface area (Å²) >= 11 is 0. The Hall–Kier alpha value is -4.13. The van der Waals surface area contributed by atoms with Crippen LogP contribution in [-0.4, -0.2) is 33.4 Å². The van der Waals surface area contributed by atoms with Gasteiger partial charge in [-0.05, 0) is 42.3 Å².